The van der Waals surface area contributed by atoms with E-state index in [2.05, 4.69) is 5.32 Å². The van der Waals surface area contributed by atoms with Gasteiger partial charge in [-0.2, -0.15) is 11.8 Å². The van der Waals surface area contributed by atoms with Crippen molar-refractivity contribution < 1.29 is 17.6 Å². The third-order valence-corrected chi connectivity index (χ3v) is 7.18. The van der Waals surface area contributed by atoms with Gasteiger partial charge < -0.3 is 5.32 Å². The van der Waals surface area contributed by atoms with Crippen LogP contribution in [0.15, 0.2) is 36.4 Å². The van der Waals surface area contributed by atoms with Crippen LogP contribution in [0.5, 0.6) is 0 Å². The summed E-state index contributed by atoms with van der Waals surface area (Å²) in [6.07, 6.45) is 1.68. The Morgan fingerprint density at radius 2 is 1.73 bits per heavy atom. The van der Waals surface area contributed by atoms with Crippen LogP contribution in [0.25, 0.3) is 0 Å². The van der Waals surface area contributed by atoms with E-state index in [4.69, 9.17) is 34.8 Å². The van der Waals surface area contributed by atoms with Crippen LogP contribution in [0.4, 0.5) is 10.1 Å². The van der Waals surface area contributed by atoms with E-state index >= 15 is 0 Å². The molecule has 5 nitrogen and oxygen atoms in total. The van der Waals surface area contributed by atoms with E-state index in [9.17, 15) is 17.6 Å². The normalized spacial score (nSPS) is 11.4. The minimum Gasteiger partial charge on any atom is -0.354 e. The van der Waals surface area contributed by atoms with Crippen LogP contribution in [0, 0.1) is 5.82 Å². The van der Waals surface area contributed by atoms with E-state index in [1.165, 1.54) is 24.3 Å². The number of sulfonamides is 1. The first-order valence-corrected chi connectivity index (χ1v) is 12.9. The lowest BCUT2D eigenvalue weighted by Gasteiger charge is -2.23. The lowest BCUT2D eigenvalue weighted by molar-refractivity contribution is -0.119. The molecule has 2 rings (SSSR count). The maximum absolute atomic E-state index is 12.9. The Kier molecular flexibility index (Phi) is 9.56. The molecule has 0 aliphatic carbocycles. The number of hydrogen-bond acceptors (Lipinski definition) is 4. The number of carbonyl (C=O) groups is 1. The summed E-state index contributed by atoms with van der Waals surface area (Å²) in [4.78, 5) is 12.3. The van der Waals surface area contributed by atoms with Crippen molar-refractivity contribution in [1.29, 1.82) is 0 Å². The molecule has 0 saturated carbocycles. The SMILES string of the molecule is CS(=O)(=O)N(CC(=O)NCCCSCc1ccc(F)cc1)c1cc(Cl)c(Cl)cc1Cl. The van der Waals surface area contributed by atoms with Gasteiger partial charge in [0.25, 0.3) is 0 Å². The van der Waals surface area contributed by atoms with Crippen molar-refractivity contribution in [3.63, 3.8) is 0 Å². The molecule has 0 spiro atoms. The predicted octanol–water partition coefficient (Wildman–Crippen LogP) is 4.99. The highest BCUT2D eigenvalue weighted by Gasteiger charge is 2.24. The van der Waals surface area contributed by atoms with E-state index < -0.39 is 22.5 Å². The van der Waals surface area contributed by atoms with Crippen molar-refractivity contribution in [2.75, 3.05) is 29.4 Å². The number of halogens is 4. The van der Waals surface area contributed by atoms with Crippen LogP contribution in [-0.4, -0.2) is 39.4 Å². The summed E-state index contributed by atoms with van der Waals surface area (Å²) < 4.78 is 38.1. The zero-order valence-electron chi connectivity index (χ0n) is 16.0. The number of hydrogen-bond donors (Lipinski definition) is 1. The van der Waals surface area contributed by atoms with Crippen molar-refractivity contribution in [2.24, 2.45) is 0 Å². The number of thioether (sulfide) groups is 1. The first-order valence-electron chi connectivity index (χ1n) is 8.79. The molecule has 0 saturated heterocycles. The molecule has 0 aliphatic rings. The first kappa shape index (κ1) is 25.1. The molecule has 1 amide bonds. The second-order valence-corrected chi connectivity index (χ2v) is 10.6. The average Bonchev–Trinajstić information content (AvgIpc) is 2.66. The van der Waals surface area contributed by atoms with Crippen molar-refractivity contribution >= 4 is 68.2 Å². The molecule has 0 heterocycles. The molecule has 0 radical (unpaired) electrons. The van der Waals surface area contributed by atoms with Crippen molar-refractivity contribution in [3.8, 4) is 0 Å². The molecule has 2 aromatic rings. The number of rotatable bonds is 10. The van der Waals surface area contributed by atoms with E-state index in [1.54, 1.807) is 23.9 Å². The van der Waals surface area contributed by atoms with Crippen LogP contribution in [0.2, 0.25) is 15.1 Å². The summed E-state index contributed by atoms with van der Waals surface area (Å²) in [6, 6.07) is 8.95. The van der Waals surface area contributed by atoms with Gasteiger partial charge in [-0.15, -0.1) is 0 Å². The Balaban J connectivity index is 1.84. The molecule has 0 bridgehead atoms. The Labute approximate surface area is 194 Å². The van der Waals surface area contributed by atoms with Gasteiger partial charge in [-0.05, 0) is 42.0 Å². The summed E-state index contributed by atoms with van der Waals surface area (Å²) in [5.41, 5.74) is 1.10. The monoisotopic (exact) mass is 512 g/mol. The van der Waals surface area contributed by atoms with Crippen LogP contribution < -0.4 is 9.62 Å². The maximum atomic E-state index is 12.9. The highest BCUT2D eigenvalue weighted by atomic mass is 35.5. The number of nitrogens with zero attached hydrogens (tertiary/aromatic N) is 1. The van der Waals surface area contributed by atoms with Gasteiger partial charge >= 0.3 is 0 Å². The predicted molar refractivity (Wildman–Crippen MR) is 124 cm³/mol. The number of nitrogens with one attached hydrogen (secondary N) is 1. The third-order valence-electron chi connectivity index (χ3n) is 3.92. The minimum atomic E-state index is -3.78. The molecule has 0 aromatic heterocycles. The standard InChI is InChI=1S/C19H20Cl3FN2O3S2/c1-30(27,28)25(18-10-16(21)15(20)9-17(18)22)11-19(26)24-7-2-8-29-12-13-3-5-14(23)6-4-13/h3-6,9-10H,2,7-8,11-12H2,1H3,(H,24,26). The van der Waals surface area contributed by atoms with Crippen LogP contribution in [0.3, 0.4) is 0 Å². The maximum Gasteiger partial charge on any atom is 0.240 e. The van der Waals surface area contributed by atoms with Crippen LogP contribution in [-0.2, 0) is 20.6 Å². The second kappa shape index (κ2) is 11.4. The fourth-order valence-electron chi connectivity index (χ4n) is 2.44. The van der Waals surface area contributed by atoms with Gasteiger partial charge in [0.2, 0.25) is 15.9 Å². The highest BCUT2D eigenvalue weighted by Crippen LogP contribution is 2.35. The quantitative estimate of drug-likeness (QED) is 0.359. The van der Waals surface area contributed by atoms with E-state index in [-0.39, 0.29) is 26.6 Å². The Morgan fingerprint density at radius 1 is 1.10 bits per heavy atom. The van der Waals surface area contributed by atoms with Gasteiger partial charge in [-0.3, -0.25) is 9.10 Å². The zero-order chi connectivity index (χ0) is 22.3. The molecule has 164 valence electrons. The van der Waals surface area contributed by atoms with Crippen molar-refractivity contribution in [3.05, 3.63) is 62.8 Å². The van der Waals surface area contributed by atoms with Crippen molar-refractivity contribution in [1.82, 2.24) is 5.32 Å². The Hall–Kier alpha value is -1.19. The summed E-state index contributed by atoms with van der Waals surface area (Å²) in [6.45, 7) is -0.0405. The summed E-state index contributed by atoms with van der Waals surface area (Å²) in [5, 5.41) is 3.08. The molecule has 11 heteroatoms. The fourth-order valence-corrected chi connectivity index (χ4v) is 4.92. The second-order valence-electron chi connectivity index (χ2n) is 6.37. The third kappa shape index (κ3) is 7.81. The first-order chi connectivity index (χ1) is 14.1. The smallest absolute Gasteiger partial charge is 0.240 e. The summed E-state index contributed by atoms with van der Waals surface area (Å²) in [5.74, 6) is 0.792. The van der Waals surface area contributed by atoms with Gasteiger partial charge in [-0.25, -0.2) is 12.8 Å². The van der Waals surface area contributed by atoms with Gasteiger partial charge in [0, 0.05) is 12.3 Å². The highest BCUT2D eigenvalue weighted by molar-refractivity contribution is 7.98. The molecule has 0 unspecified atom stereocenters. The number of carbonyl (C=O) groups excluding carboxylic acids is 1. The average molecular weight is 514 g/mol. The van der Waals surface area contributed by atoms with Gasteiger partial charge in [0.05, 0.1) is 27.0 Å². The molecule has 2 aromatic carbocycles. The van der Waals surface area contributed by atoms with E-state index in [0.29, 0.717) is 13.0 Å². The molecule has 1 N–H and O–H groups in total. The number of benzene rings is 2. The lowest BCUT2D eigenvalue weighted by atomic mass is 10.2. The molecule has 0 aliphatic heterocycles. The lowest BCUT2D eigenvalue weighted by Crippen LogP contribution is -2.40. The number of amides is 1. The fraction of sp³-hybridized carbons (Fsp3) is 0.316. The minimum absolute atomic E-state index is 0.0693. The summed E-state index contributed by atoms with van der Waals surface area (Å²) in [7, 11) is -3.78. The zero-order valence-corrected chi connectivity index (χ0v) is 19.9. The van der Waals surface area contributed by atoms with E-state index in [1.807, 2.05) is 0 Å². The largest absolute Gasteiger partial charge is 0.354 e. The van der Waals surface area contributed by atoms with Crippen LogP contribution in [0.1, 0.15) is 12.0 Å². The molecular weight excluding hydrogens is 494 g/mol. The summed E-state index contributed by atoms with van der Waals surface area (Å²) >= 11 is 19.6. The van der Waals surface area contributed by atoms with Crippen molar-refractivity contribution in [2.45, 2.75) is 12.2 Å². The topological polar surface area (TPSA) is 66.5 Å². The Bertz CT molecular complexity index is 989. The van der Waals surface area contributed by atoms with Gasteiger partial charge in [-0.1, -0.05) is 46.9 Å². The van der Waals surface area contributed by atoms with E-state index in [0.717, 1.165) is 27.6 Å². The molecule has 30 heavy (non-hydrogen) atoms. The molecular formula is C19H20Cl3FN2O3S2. The molecule has 0 atom stereocenters. The van der Waals surface area contributed by atoms with Crippen LogP contribution >= 0.6 is 46.6 Å². The molecule has 0 fully saturated rings. The van der Waals surface area contributed by atoms with Gasteiger partial charge in [0.1, 0.15) is 12.4 Å². The Morgan fingerprint density at radius 3 is 2.37 bits per heavy atom. The van der Waals surface area contributed by atoms with Gasteiger partial charge in [0.15, 0.2) is 0 Å². The number of anilines is 1.